The van der Waals surface area contributed by atoms with E-state index in [1.165, 1.54) is 14.0 Å². The molecule has 0 aromatic heterocycles. The molecule has 3 aromatic carbocycles. The van der Waals surface area contributed by atoms with Gasteiger partial charge in [0.2, 0.25) is 0 Å². The highest BCUT2D eigenvalue weighted by molar-refractivity contribution is 8.18. The number of amides is 2. The average Bonchev–Trinajstić information content (AvgIpc) is 3.10. The lowest BCUT2D eigenvalue weighted by molar-refractivity contribution is -0.148. The molecule has 0 bridgehead atoms. The molecule has 1 atom stereocenters. The number of carbonyl (C=O) groups excluding carboxylic acids is 3. The Morgan fingerprint density at radius 3 is 2.58 bits per heavy atom. The molecule has 168 valence electrons. The minimum absolute atomic E-state index is 0.203. The Labute approximate surface area is 200 Å². The first-order valence-corrected chi connectivity index (χ1v) is 11.3. The number of hydrogen-bond acceptors (Lipinski definition) is 6. The van der Waals surface area contributed by atoms with Crippen molar-refractivity contribution in [2.24, 2.45) is 0 Å². The Morgan fingerprint density at radius 1 is 1.09 bits per heavy atom. The first-order chi connectivity index (χ1) is 15.9. The Morgan fingerprint density at radius 2 is 1.82 bits per heavy atom. The number of fused-ring (bicyclic) bond motifs is 1. The molecule has 0 unspecified atom stereocenters. The summed E-state index contributed by atoms with van der Waals surface area (Å²) in [7, 11) is 1.21. The number of esters is 1. The highest BCUT2D eigenvalue weighted by Crippen LogP contribution is 2.38. The Bertz CT molecular complexity index is 1290. The van der Waals surface area contributed by atoms with Crippen LogP contribution in [0, 0.1) is 0 Å². The van der Waals surface area contributed by atoms with E-state index in [1.54, 1.807) is 12.1 Å². The van der Waals surface area contributed by atoms with E-state index in [4.69, 9.17) is 21.1 Å². The molecule has 0 aliphatic carbocycles. The average molecular weight is 482 g/mol. The summed E-state index contributed by atoms with van der Waals surface area (Å²) in [5.41, 5.74) is 1.49. The lowest BCUT2D eigenvalue weighted by Gasteiger charge is -2.18. The van der Waals surface area contributed by atoms with Crippen LogP contribution >= 0.6 is 23.4 Å². The fraction of sp³-hybridized carbons (Fsp3) is 0.160. The minimum atomic E-state index is -1.02. The normalized spacial score (nSPS) is 15.8. The molecule has 4 rings (SSSR count). The molecule has 1 aliphatic heterocycles. The summed E-state index contributed by atoms with van der Waals surface area (Å²) < 4.78 is 10.8. The highest BCUT2D eigenvalue weighted by atomic mass is 35.5. The standard InChI is InChI=1S/C25H20ClNO5S/c1-15(24(29)31-2)27-23(28)22(33-25(27)30)13-19-18-9-5-3-7-16(18)11-12-21(19)32-14-17-8-4-6-10-20(17)26/h3-13,15H,14H2,1-2H3/b22-13+/t15-/m0/s1. The molecule has 2 amide bonds. The second kappa shape index (κ2) is 9.68. The minimum Gasteiger partial charge on any atom is -0.488 e. The molecule has 1 heterocycles. The van der Waals surface area contributed by atoms with Gasteiger partial charge in [0.15, 0.2) is 0 Å². The number of thioether (sulfide) groups is 1. The number of carbonyl (C=O) groups is 3. The third-order valence-electron chi connectivity index (χ3n) is 5.30. The van der Waals surface area contributed by atoms with E-state index < -0.39 is 23.2 Å². The predicted molar refractivity (Wildman–Crippen MR) is 129 cm³/mol. The van der Waals surface area contributed by atoms with Crippen LogP contribution in [-0.2, 0) is 20.9 Å². The summed E-state index contributed by atoms with van der Waals surface area (Å²) >= 11 is 7.04. The van der Waals surface area contributed by atoms with Gasteiger partial charge in [-0.15, -0.1) is 0 Å². The van der Waals surface area contributed by atoms with Crippen LogP contribution in [0.15, 0.2) is 65.6 Å². The zero-order chi connectivity index (χ0) is 23.5. The lowest BCUT2D eigenvalue weighted by Crippen LogP contribution is -2.42. The van der Waals surface area contributed by atoms with Crippen molar-refractivity contribution < 1.29 is 23.9 Å². The van der Waals surface area contributed by atoms with Crippen molar-refractivity contribution in [2.45, 2.75) is 19.6 Å². The zero-order valence-electron chi connectivity index (χ0n) is 17.9. The first kappa shape index (κ1) is 22.9. The maximum Gasteiger partial charge on any atom is 0.328 e. The number of halogens is 1. The SMILES string of the molecule is COC(=O)[C@H](C)N1C(=O)S/C(=C/c2c(OCc3ccccc3Cl)ccc3ccccc23)C1=O. The Balaban J connectivity index is 1.73. The highest BCUT2D eigenvalue weighted by Gasteiger charge is 2.41. The van der Waals surface area contributed by atoms with Gasteiger partial charge in [0.05, 0.1) is 12.0 Å². The van der Waals surface area contributed by atoms with Crippen molar-refractivity contribution >= 4 is 57.3 Å². The second-order valence-electron chi connectivity index (χ2n) is 7.33. The molecule has 1 fully saturated rings. The third-order valence-corrected chi connectivity index (χ3v) is 6.55. The fourth-order valence-corrected chi connectivity index (χ4v) is 4.62. The molecule has 33 heavy (non-hydrogen) atoms. The van der Waals surface area contributed by atoms with Crippen LogP contribution in [-0.4, -0.2) is 35.2 Å². The van der Waals surface area contributed by atoms with Crippen LogP contribution in [0.2, 0.25) is 5.02 Å². The van der Waals surface area contributed by atoms with Gasteiger partial charge in [-0.25, -0.2) is 4.79 Å². The molecular formula is C25H20ClNO5S. The van der Waals surface area contributed by atoms with E-state index >= 15 is 0 Å². The third kappa shape index (κ3) is 4.60. The van der Waals surface area contributed by atoms with Crippen LogP contribution in [0.1, 0.15) is 18.1 Å². The van der Waals surface area contributed by atoms with Crippen molar-refractivity contribution in [3.63, 3.8) is 0 Å². The van der Waals surface area contributed by atoms with Gasteiger partial charge in [-0.2, -0.15) is 0 Å². The molecule has 0 spiro atoms. The summed E-state index contributed by atoms with van der Waals surface area (Å²) in [6.45, 7) is 1.70. The summed E-state index contributed by atoms with van der Waals surface area (Å²) in [5, 5.41) is 1.89. The number of hydrogen-bond donors (Lipinski definition) is 0. The maximum atomic E-state index is 13.0. The zero-order valence-corrected chi connectivity index (χ0v) is 19.5. The van der Waals surface area contributed by atoms with Crippen LogP contribution in [0.3, 0.4) is 0 Å². The topological polar surface area (TPSA) is 72.9 Å². The second-order valence-corrected chi connectivity index (χ2v) is 8.73. The predicted octanol–water partition coefficient (Wildman–Crippen LogP) is 5.67. The van der Waals surface area contributed by atoms with E-state index in [1.807, 2.05) is 54.6 Å². The van der Waals surface area contributed by atoms with Crippen LogP contribution < -0.4 is 4.74 Å². The maximum absolute atomic E-state index is 13.0. The number of nitrogens with zero attached hydrogens (tertiary/aromatic N) is 1. The smallest absolute Gasteiger partial charge is 0.328 e. The van der Waals surface area contributed by atoms with Crippen molar-refractivity contribution in [3.05, 3.63) is 81.7 Å². The van der Waals surface area contributed by atoms with E-state index in [0.29, 0.717) is 16.3 Å². The number of imide groups is 1. The molecule has 6 nitrogen and oxygen atoms in total. The molecule has 0 saturated carbocycles. The number of methoxy groups -OCH3 is 1. The van der Waals surface area contributed by atoms with Gasteiger partial charge in [-0.3, -0.25) is 14.5 Å². The molecule has 3 aromatic rings. The van der Waals surface area contributed by atoms with E-state index in [2.05, 4.69) is 0 Å². The molecular weight excluding hydrogens is 462 g/mol. The van der Waals surface area contributed by atoms with E-state index in [-0.39, 0.29) is 11.5 Å². The molecule has 0 radical (unpaired) electrons. The summed E-state index contributed by atoms with van der Waals surface area (Å²) in [5.74, 6) is -0.665. The summed E-state index contributed by atoms with van der Waals surface area (Å²) in [4.78, 5) is 38.5. The summed E-state index contributed by atoms with van der Waals surface area (Å²) in [6.07, 6.45) is 1.64. The number of rotatable bonds is 6. The molecule has 1 aliphatic rings. The van der Waals surface area contributed by atoms with Gasteiger partial charge in [0, 0.05) is 16.1 Å². The van der Waals surface area contributed by atoms with Crippen molar-refractivity contribution in [2.75, 3.05) is 7.11 Å². The monoisotopic (exact) mass is 481 g/mol. The molecule has 0 N–H and O–H groups in total. The lowest BCUT2D eigenvalue weighted by atomic mass is 10.0. The van der Waals surface area contributed by atoms with Crippen LogP contribution in [0.5, 0.6) is 5.75 Å². The van der Waals surface area contributed by atoms with Gasteiger partial charge in [0.1, 0.15) is 18.4 Å². The van der Waals surface area contributed by atoms with Gasteiger partial charge < -0.3 is 9.47 Å². The van der Waals surface area contributed by atoms with Gasteiger partial charge in [0.25, 0.3) is 11.1 Å². The number of ether oxygens (including phenoxy) is 2. The van der Waals surface area contributed by atoms with E-state index in [9.17, 15) is 14.4 Å². The Kier molecular flexibility index (Phi) is 6.72. The number of benzene rings is 3. The quantitative estimate of drug-likeness (QED) is 0.333. The van der Waals surface area contributed by atoms with Crippen LogP contribution in [0.25, 0.3) is 16.8 Å². The first-order valence-electron chi connectivity index (χ1n) is 10.1. The Hall–Kier alpha value is -3.29. The molecule has 1 saturated heterocycles. The van der Waals surface area contributed by atoms with Gasteiger partial charge in [-0.1, -0.05) is 60.1 Å². The van der Waals surface area contributed by atoms with Crippen molar-refractivity contribution in [3.8, 4) is 5.75 Å². The van der Waals surface area contributed by atoms with Gasteiger partial charge >= 0.3 is 5.97 Å². The largest absolute Gasteiger partial charge is 0.488 e. The van der Waals surface area contributed by atoms with Crippen molar-refractivity contribution in [1.82, 2.24) is 4.90 Å². The van der Waals surface area contributed by atoms with Crippen molar-refractivity contribution in [1.29, 1.82) is 0 Å². The molecule has 8 heteroatoms. The van der Waals surface area contributed by atoms with Crippen LogP contribution in [0.4, 0.5) is 4.79 Å². The van der Waals surface area contributed by atoms with E-state index in [0.717, 1.165) is 33.0 Å². The fourth-order valence-electron chi connectivity index (χ4n) is 3.54. The summed E-state index contributed by atoms with van der Waals surface area (Å²) in [6, 6.07) is 17.8. The van der Waals surface area contributed by atoms with Gasteiger partial charge in [-0.05, 0) is 47.7 Å².